The first kappa shape index (κ1) is 23.3. The molecule has 1 unspecified atom stereocenters. The summed E-state index contributed by atoms with van der Waals surface area (Å²) in [6.07, 6.45) is 3.86. The number of nitriles is 1. The minimum atomic E-state index is -0.289. The minimum absolute atomic E-state index is 0.154. The van der Waals surface area contributed by atoms with E-state index in [-0.39, 0.29) is 17.8 Å². The molecule has 0 spiro atoms. The second kappa shape index (κ2) is 9.98. The number of hydrogen-bond acceptors (Lipinski definition) is 7. The zero-order valence-electron chi connectivity index (χ0n) is 19.3. The van der Waals surface area contributed by atoms with Crippen molar-refractivity contribution in [3.8, 4) is 11.8 Å². The summed E-state index contributed by atoms with van der Waals surface area (Å²) < 4.78 is 7.91. The first-order valence-corrected chi connectivity index (χ1v) is 12.8. The molecule has 1 amide bonds. The largest absolute Gasteiger partial charge is 0.483 e. The normalized spacial score (nSPS) is 13.8. The van der Waals surface area contributed by atoms with Gasteiger partial charge in [0.25, 0.3) is 0 Å². The van der Waals surface area contributed by atoms with Crippen LogP contribution in [0.2, 0.25) is 0 Å². The van der Waals surface area contributed by atoms with E-state index in [0.29, 0.717) is 21.5 Å². The number of thiophene rings is 1. The van der Waals surface area contributed by atoms with Crippen LogP contribution < -0.4 is 10.1 Å². The summed E-state index contributed by atoms with van der Waals surface area (Å²) in [5.74, 6) is 1.51. The van der Waals surface area contributed by atoms with Crippen molar-refractivity contribution in [2.24, 2.45) is 7.05 Å². The van der Waals surface area contributed by atoms with E-state index >= 15 is 0 Å². The fraction of sp³-hybridized carbons (Fsp3) is 0.417. The number of ether oxygens (including phenoxy) is 1. The average molecular weight is 482 g/mol. The van der Waals surface area contributed by atoms with Crippen molar-refractivity contribution in [1.29, 1.82) is 5.26 Å². The number of hydrogen-bond donors (Lipinski definition) is 1. The Balaban J connectivity index is 1.37. The number of thioether (sulfide) groups is 1. The first-order chi connectivity index (χ1) is 15.9. The molecule has 0 bridgehead atoms. The minimum Gasteiger partial charge on any atom is -0.483 e. The molecule has 0 saturated carbocycles. The van der Waals surface area contributed by atoms with Crippen LogP contribution in [-0.4, -0.2) is 26.4 Å². The number of fused-ring (bicyclic) bond motifs is 1. The van der Waals surface area contributed by atoms with Crippen molar-refractivity contribution in [3.05, 3.63) is 51.2 Å². The standard InChI is InChI=1S/C24H27N5O2S2/c1-14-9-10-17(11-15(14)2)31-16(3)22-27-28-24(29(22)4)32-13-21(30)26-23-19(12-25)18-7-5-6-8-20(18)33-23/h9-11,16H,5-8,13H2,1-4H3,(H,26,30). The summed E-state index contributed by atoms with van der Waals surface area (Å²) in [6, 6.07) is 8.29. The third-order valence-electron chi connectivity index (χ3n) is 5.89. The van der Waals surface area contributed by atoms with Gasteiger partial charge in [-0.3, -0.25) is 4.79 Å². The smallest absolute Gasteiger partial charge is 0.235 e. The van der Waals surface area contributed by atoms with Crippen LogP contribution in [0.25, 0.3) is 0 Å². The van der Waals surface area contributed by atoms with Crippen molar-refractivity contribution < 1.29 is 9.53 Å². The van der Waals surface area contributed by atoms with Crippen LogP contribution in [0.15, 0.2) is 23.4 Å². The molecule has 0 fully saturated rings. The van der Waals surface area contributed by atoms with Crippen molar-refractivity contribution in [3.63, 3.8) is 0 Å². The summed E-state index contributed by atoms with van der Waals surface area (Å²) in [7, 11) is 1.87. The first-order valence-electron chi connectivity index (χ1n) is 11.0. The Hall–Kier alpha value is -2.83. The Kier molecular flexibility index (Phi) is 7.05. The molecule has 1 aliphatic carbocycles. The molecule has 1 atom stereocenters. The van der Waals surface area contributed by atoms with E-state index in [1.165, 1.54) is 39.1 Å². The summed E-state index contributed by atoms with van der Waals surface area (Å²) in [5, 5.41) is 22.3. The predicted molar refractivity (Wildman–Crippen MR) is 131 cm³/mol. The molecule has 4 rings (SSSR count). The fourth-order valence-electron chi connectivity index (χ4n) is 3.91. The van der Waals surface area contributed by atoms with E-state index in [4.69, 9.17) is 4.74 Å². The van der Waals surface area contributed by atoms with Crippen LogP contribution in [0.4, 0.5) is 5.00 Å². The van der Waals surface area contributed by atoms with Gasteiger partial charge < -0.3 is 14.6 Å². The van der Waals surface area contributed by atoms with Crippen LogP contribution >= 0.6 is 23.1 Å². The summed E-state index contributed by atoms with van der Waals surface area (Å²) in [4.78, 5) is 13.8. The van der Waals surface area contributed by atoms with Crippen molar-refractivity contribution in [1.82, 2.24) is 14.8 Å². The van der Waals surface area contributed by atoms with E-state index in [1.807, 2.05) is 36.7 Å². The molecule has 1 aromatic carbocycles. The predicted octanol–water partition coefficient (Wildman–Crippen LogP) is 5.11. The van der Waals surface area contributed by atoms with E-state index in [2.05, 4.69) is 35.4 Å². The molecule has 2 heterocycles. The molecule has 1 N–H and O–H groups in total. The van der Waals surface area contributed by atoms with Crippen molar-refractivity contribution in [2.45, 2.75) is 57.7 Å². The lowest BCUT2D eigenvalue weighted by molar-refractivity contribution is -0.113. The zero-order valence-corrected chi connectivity index (χ0v) is 20.9. The van der Waals surface area contributed by atoms with Gasteiger partial charge in [0.1, 0.15) is 16.8 Å². The fourth-order valence-corrected chi connectivity index (χ4v) is 5.89. The van der Waals surface area contributed by atoms with Gasteiger partial charge in [-0.1, -0.05) is 17.8 Å². The van der Waals surface area contributed by atoms with Crippen molar-refractivity contribution >= 4 is 34.0 Å². The number of rotatable bonds is 7. The number of anilines is 1. The molecule has 172 valence electrons. The Morgan fingerprint density at radius 2 is 2.09 bits per heavy atom. The third-order valence-corrected chi connectivity index (χ3v) is 8.12. The maximum atomic E-state index is 12.6. The van der Waals surface area contributed by atoms with Gasteiger partial charge in [-0.2, -0.15) is 5.26 Å². The molecular formula is C24H27N5O2S2. The highest BCUT2D eigenvalue weighted by molar-refractivity contribution is 7.99. The summed E-state index contributed by atoms with van der Waals surface area (Å²) >= 11 is 2.85. The molecule has 1 aliphatic rings. The number of benzene rings is 1. The summed E-state index contributed by atoms with van der Waals surface area (Å²) in [5.41, 5.74) is 4.14. The van der Waals surface area contributed by atoms with E-state index in [9.17, 15) is 10.1 Å². The molecule has 0 aliphatic heterocycles. The van der Waals surface area contributed by atoms with Gasteiger partial charge in [-0.05, 0) is 75.3 Å². The average Bonchev–Trinajstić information content (AvgIpc) is 3.34. The number of aromatic nitrogens is 3. The zero-order chi connectivity index (χ0) is 23.5. The molecule has 2 aromatic heterocycles. The summed E-state index contributed by atoms with van der Waals surface area (Å²) in [6.45, 7) is 6.06. The lowest BCUT2D eigenvalue weighted by atomic mass is 9.96. The Labute approximate surface area is 202 Å². The van der Waals surface area contributed by atoms with Crippen LogP contribution in [-0.2, 0) is 24.7 Å². The second-order valence-electron chi connectivity index (χ2n) is 8.27. The quantitative estimate of drug-likeness (QED) is 0.471. The van der Waals surface area contributed by atoms with E-state index in [1.54, 1.807) is 0 Å². The number of aryl methyl sites for hydroxylation is 3. The highest BCUT2D eigenvalue weighted by Crippen LogP contribution is 2.37. The maximum absolute atomic E-state index is 12.6. The van der Waals surface area contributed by atoms with E-state index < -0.39 is 0 Å². The highest BCUT2D eigenvalue weighted by atomic mass is 32.2. The van der Waals surface area contributed by atoms with Gasteiger partial charge in [0.2, 0.25) is 5.91 Å². The number of carbonyl (C=O) groups excluding carboxylic acids is 1. The highest BCUT2D eigenvalue weighted by Gasteiger charge is 2.22. The van der Waals surface area contributed by atoms with Crippen molar-refractivity contribution in [2.75, 3.05) is 11.1 Å². The second-order valence-corrected chi connectivity index (χ2v) is 10.3. The molecule has 7 nitrogen and oxygen atoms in total. The SMILES string of the molecule is Cc1ccc(OC(C)c2nnc(SCC(=O)Nc3sc4c(c3C#N)CCCC4)n2C)cc1C. The van der Waals surface area contributed by atoms with Crippen LogP contribution in [0.3, 0.4) is 0 Å². The van der Waals surface area contributed by atoms with Crippen LogP contribution in [0.5, 0.6) is 5.75 Å². The lowest BCUT2D eigenvalue weighted by Gasteiger charge is -2.15. The van der Waals surface area contributed by atoms with Gasteiger partial charge in [-0.25, -0.2) is 0 Å². The molecule has 0 saturated heterocycles. The van der Waals surface area contributed by atoms with Gasteiger partial charge in [0.05, 0.1) is 11.3 Å². The third kappa shape index (κ3) is 5.07. The Morgan fingerprint density at radius 1 is 1.30 bits per heavy atom. The number of amides is 1. The van der Waals surface area contributed by atoms with Crippen LogP contribution in [0, 0.1) is 25.2 Å². The lowest BCUT2D eigenvalue weighted by Crippen LogP contribution is -2.15. The number of carbonyl (C=O) groups is 1. The molecule has 0 radical (unpaired) electrons. The number of nitrogens with zero attached hydrogens (tertiary/aromatic N) is 4. The van der Waals surface area contributed by atoms with Gasteiger partial charge in [0.15, 0.2) is 17.1 Å². The Bertz CT molecular complexity index is 1220. The van der Waals surface area contributed by atoms with Gasteiger partial charge >= 0.3 is 0 Å². The molecular weight excluding hydrogens is 454 g/mol. The molecule has 9 heteroatoms. The monoisotopic (exact) mass is 481 g/mol. The molecule has 33 heavy (non-hydrogen) atoms. The number of nitrogens with one attached hydrogen (secondary N) is 1. The topological polar surface area (TPSA) is 92.8 Å². The Morgan fingerprint density at radius 3 is 2.85 bits per heavy atom. The van der Waals surface area contributed by atoms with Gasteiger partial charge in [-0.15, -0.1) is 21.5 Å². The van der Waals surface area contributed by atoms with Crippen LogP contribution in [0.1, 0.15) is 58.8 Å². The molecule has 3 aromatic rings. The van der Waals surface area contributed by atoms with E-state index in [0.717, 1.165) is 37.0 Å². The maximum Gasteiger partial charge on any atom is 0.235 e. The van der Waals surface area contributed by atoms with Gasteiger partial charge in [0, 0.05) is 11.9 Å².